The standard InChI is InChI=1S/C16H14BrN3S/c17-13-8-4-5-11(9-13)10-19-16-14(15(18)20-21-16)12-6-2-1-3-7-12/h1-9,19H,10H2,(H2,18,20). The Labute approximate surface area is 136 Å². The number of nitrogens with zero attached hydrogens (tertiary/aromatic N) is 1. The molecule has 0 unspecified atom stereocenters. The van der Waals surface area contributed by atoms with Gasteiger partial charge < -0.3 is 11.1 Å². The van der Waals surface area contributed by atoms with E-state index in [1.54, 1.807) is 0 Å². The number of nitrogen functional groups attached to an aromatic ring is 1. The van der Waals surface area contributed by atoms with E-state index in [-0.39, 0.29) is 0 Å². The van der Waals surface area contributed by atoms with Gasteiger partial charge in [-0.3, -0.25) is 0 Å². The van der Waals surface area contributed by atoms with Gasteiger partial charge in [0.2, 0.25) is 0 Å². The highest BCUT2D eigenvalue weighted by Gasteiger charge is 2.13. The Kier molecular flexibility index (Phi) is 4.22. The minimum atomic E-state index is 0.572. The number of nitrogens with two attached hydrogens (primary N) is 1. The van der Waals surface area contributed by atoms with E-state index in [0.717, 1.165) is 27.1 Å². The Morgan fingerprint density at radius 2 is 1.90 bits per heavy atom. The largest absolute Gasteiger partial charge is 0.382 e. The first-order valence-corrected chi connectivity index (χ1v) is 8.09. The van der Waals surface area contributed by atoms with Crippen molar-refractivity contribution in [3.05, 3.63) is 64.6 Å². The SMILES string of the molecule is Nc1nsc(NCc2cccc(Br)c2)c1-c1ccccc1. The van der Waals surface area contributed by atoms with E-state index in [1.807, 2.05) is 42.5 Å². The van der Waals surface area contributed by atoms with Gasteiger partial charge in [0.25, 0.3) is 0 Å². The lowest BCUT2D eigenvalue weighted by Crippen LogP contribution is -1.99. The van der Waals surface area contributed by atoms with Gasteiger partial charge in [-0.05, 0) is 34.8 Å². The average Bonchev–Trinajstić information content (AvgIpc) is 2.87. The van der Waals surface area contributed by atoms with Crippen LogP contribution in [0, 0.1) is 0 Å². The molecule has 0 fully saturated rings. The summed E-state index contributed by atoms with van der Waals surface area (Å²) in [6, 6.07) is 18.3. The number of halogens is 1. The van der Waals surface area contributed by atoms with Gasteiger partial charge in [0.1, 0.15) is 10.8 Å². The Morgan fingerprint density at radius 3 is 2.67 bits per heavy atom. The number of benzene rings is 2. The lowest BCUT2D eigenvalue weighted by Gasteiger charge is -2.08. The topological polar surface area (TPSA) is 50.9 Å². The van der Waals surface area contributed by atoms with Crippen LogP contribution in [0.4, 0.5) is 10.8 Å². The molecule has 5 heteroatoms. The zero-order chi connectivity index (χ0) is 14.7. The van der Waals surface area contributed by atoms with Crippen molar-refractivity contribution >= 4 is 38.3 Å². The highest BCUT2D eigenvalue weighted by atomic mass is 79.9. The van der Waals surface area contributed by atoms with Gasteiger partial charge in [-0.2, -0.15) is 4.37 Å². The van der Waals surface area contributed by atoms with Crippen LogP contribution < -0.4 is 11.1 Å². The Bertz CT molecular complexity index is 740. The van der Waals surface area contributed by atoms with Crippen molar-refractivity contribution < 1.29 is 0 Å². The van der Waals surface area contributed by atoms with E-state index in [9.17, 15) is 0 Å². The maximum absolute atomic E-state index is 6.02. The molecule has 0 spiro atoms. The second-order valence-corrected chi connectivity index (χ2v) is 6.31. The molecule has 0 saturated heterocycles. The molecule has 0 saturated carbocycles. The zero-order valence-electron chi connectivity index (χ0n) is 11.2. The first-order valence-electron chi connectivity index (χ1n) is 6.53. The number of nitrogens with one attached hydrogen (secondary N) is 1. The van der Waals surface area contributed by atoms with Crippen molar-refractivity contribution in [3.63, 3.8) is 0 Å². The van der Waals surface area contributed by atoms with Gasteiger partial charge in [-0.15, -0.1) is 0 Å². The average molecular weight is 360 g/mol. The summed E-state index contributed by atoms with van der Waals surface area (Å²) in [6.45, 7) is 0.737. The van der Waals surface area contributed by atoms with Crippen LogP contribution in [-0.4, -0.2) is 4.37 Å². The van der Waals surface area contributed by atoms with Gasteiger partial charge in [0, 0.05) is 11.0 Å². The molecule has 2 aromatic carbocycles. The van der Waals surface area contributed by atoms with Crippen LogP contribution in [0.2, 0.25) is 0 Å². The lowest BCUT2D eigenvalue weighted by molar-refractivity contribution is 1.16. The van der Waals surface area contributed by atoms with Crippen LogP contribution in [0.5, 0.6) is 0 Å². The molecule has 0 aliphatic carbocycles. The molecule has 0 radical (unpaired) electrons. The van der Waals surface area contributed by atoms with Gasteiger partial charge in [-0.25, -0.2) is 0 Å². The summed E-state index contributed by atoms with van der Waals surface area (Å²) >= 11 is 4.88. The molecule has 3 rings (SSSR count). The summed E-state index contributed by atoms with van der Waals surface area (Å²) in [5.41, 5.74) is 9.29. The van der Waals surface area contributed by atoms with E-state index in [0.29, 0.717) is 5.82 Å². The van der Waals surface area contributed by atoms with Crippen LogP contribution in [0.1, 0.15) is 5.56 Å². The summed E-state index contributed by atoms with van der Waals surface area (Å²) in [6.07, 6.45) is 0. The number of anilines is 2. The quantitative estimate of drug-likeness (QED) is 0.705. The van der Waals surface area contributed by atoms with Crippen molar-refractivity contribution in [2.45, 2.75) is 6.54 Å². The number of rotatable bonds is 4. The molecule has 106 valence electrons. The third-order valence-electron chi connectivity index (χ3n) is 3.12. The number of hydrogen-bond acceptors (Lipinski definition) is 4. The summed E-state index contributed by atoms with van der Waals surface area (Å²) in [7, 11) is 0. The Balaban J connectivity index is 1.84. The number of aromatic nitrogens is 1. The molecule has 1 heterocycles. The fourth-order valence-electron chi connectivity index (χ4n) is 2.14. The van der Waals surface area contributed by atoms with E-state index in [1.165, 1.54) is 17.1 Å². The Hall–Kier alpha value is -1.85. The first kappa shape index (κ1) is 14.1. The third kappa shape index (κ3) is 3.25. The maximum Gasteiger partial charge on any atom is 0.147 e. The van der Waals surface area contributed by atoms with Crippen LogP contribution in [0.3, 0.4) is 0 Å². The molecule has 0 atom stereocenters. The van der Waals surface area contributed by atoms with Gasteiger partial charge in [-0.1, -0.05) is 58.4 Å². The van der Waals surface area contributed by atoms with Crippen molar-refractivity contribution in [2.24, 2.45) is 0 Å². The minimum Gasteiger partial charge on any atom is -0.382 e. The van der Waals surface area contributed by atoms with E-state index in [2.05, 4.69) is 37.8 Å². The first-order chi connectivity index (χ1) is 10.2. The second-order valence-electron chi connectivity index (χ2n) is 4.62. The fourth-order valence-corrected chi connectivity index (χ4v) is 3.31. The van der Waals surface area contributed by atoms with Crippen molar-refractivity contribution in [2.75, 3.05) is 11.1 Å². The predicted octanol–water partition coefficient (Wildman–Crippen LogP) is 4.77. The molecule has 3 nitrogen and oxygen atoms in total. The zero-order valence-corrected chi connectivity index (χ0v) is 13.6. The highest BCUT2D eigenvalue weighted by Crippen LogP contribution is 2.36. The van der Waals surface area contributed by atoms with Gasteiger partial charge in [0.05, 0.1) is 5.56 Å². The summed E-state index contributed by atoms with van der Waals surface area (Å²) in [4.78, 5) is 0. The fraction of sp³-hybridized carbons (Fsp3) is 0.0625. The van der Waals surface area contributed by atoms with Crippen LogP contribution in [-0.2, 0) is 6.54 Å². The van der Waals surface area contributed by atoms with Crippen molar-refractivity contribution in [1.29, 1.82) is 0 Å². The molecule has 0 bridgehead atoms. The molecular formula is C16H14BrN3S. The van der Waals surface area contributed by atoms with Gasteiger partial charge >= 0.3 is 0 Å². The van der Waals surface area contributed by atoms with Gasteiger partial charge in [0.15, 0.2) is 0 Å². The van der Waals surface area contributed by atoms with Crippen LogP contribution >= 0.6 is 27.5 Å². The molecule has 0 amide bonds. The summed E-state index contributed by atoms with van der Waals surface area (Å²) in [5.74, 6) is 0.572. The molecule has 0 aliphatic rings. The number of hydrogen-bond donors (Lipinski definition) is 2. The molecule has 0 aliphatic heterocycles. The van der Waals surface area contributed by atoms with Crippen LogP contribution in [0.25, 0.3) is 11.1 Å². The van der Waals surface area contributed by atoms with Crippen molar-refractivity contribution in [1.82, 2.24) is 4.37 Å². The second kappa shape index (κ2) is 6.28. The molecular weight excluding hydrogens is 346 g/mol. The summed E-state index contributed by atoms with van der Waals surface area (Å²) in [5, 5.41) is 4.43. The van der Waals surface area contributed by atoms with E-state index >= 15 is 0 Å². The molecule has 3 aromatic rings. The lowest BCUT2D eigenvalue weighted by atomic mass is 10.1. The van der Waals surface area contributed by atoms with Crippen LogP contribution in [0.15, 0.2) is 59.1 Å². The van der Waals surface area contributed by atoms with E-state index in [4.69, 9.17) is 5.73 Å². The minimum absolute atomic E-state index is 0.572. The summed E-state index contributed by atoms with van der Waals surface area (Å²) < 4.78 is 5.35. The normalized spacial score (nSPS) is 10.5. The van der Waals surface area contributed by atoms with E-state index < -0.39 is 0 Å². The molecule has 1 aromatic heterocycles. The smallest absolute Gasteiger partial charge is 0.147 e. The maximum atomic E-state index is 6.02. The predicted molar refractivity (Wildman–Crippen MR) is 93.4 cm³/mol. The van der Waals surface area contributed by atoms with Crippen molar-refractivity contribution in [3.8, 4) is 11.1 Å². The molecule has 21 heavy (non-hydrogen) atoms. The monoisotopic (exact) mass is 359 g/mol. The Morgan fingerprint density at radius 1 is 1.10 bits per heavy atom. The third-order valence-corrected chi connectivity index (χ3v) is 4.44. The highest BCUT2D eigenvalue weighted by molar-refractivity contribution is 9.10. The molecule has 3 N–H and O–H groups in total.